The van der Waals surface area contributed by atoms with Crippen LogP contribution in [-0.4, -0.2) is 67.9 Å². The standard InChI is InChI=1S/C15H21N3O5S/c1-9-11(4-5-23-9)15(20)17-7-10-6-12(14(19)16-2)18(13(10)8-17)24(3,21)22/h4-5,10,12-13H,6-8H2,1-3H3,(H,16,19)/t10-,12-,13+/m0/s1. The molecule has 9 heteroatoms. The highest BCUT2D eigenvalue weighted by molar-refractivity contribution is 7.88. The Bertz CT molecular complexity index is 772. The van der Waals surface area contributed by atoms with Gasteiger partial charge in [-0.25, -0.2) is 8.42 Å². The molecule has 132 valence electrons. The van der Waals surface area contributed by atoms with Gasteiger partial charge in [0.25, 0.3) is 5.91 Å². The summed E-state index contributed by atoms with van der Waals surface area (Å²) >= 11 is 0. The molecule has 2 aliphatic rings. The summed E-state index contributed by atoms with van der Waals surface area (Å²) in [4.78, 5) is 26.3. The van der Waals surface area contributed by atoms with Gasteiger partial charge in [0.15, 0.2) is 0 Å². The zero-order valence-corrected chi connectivity index (χ0v) is 14.7. The lowest BCUT2D eigenvalue weighted by Gasteiger charge is -2.27. The van der Waals surface area contributed by atoms with E-state index in [2.05, 4.69) is 5.32 Å². The van der Waals surface area contributed by atoms with Gasteiger partial charge in [-0.3, -0.25) is 9.59 Å². The van der Waals surface area contributed by atoms with Crippen molar-refractivity contribution in [3.63, 3.8) is 0 Å². The van der Waals surface area contributed by atoms with Crippen LogP contribution in [0, 0.1) is 12.8 Å². The summed E-state index contributed by atoms with van der Waals surface area (Å²) < 4.78 is 30.8. The molecule has 2 aliphatic heterocycles. The number of hydrogen-bond donors (Lipinski definition) is 1. The van der Waals surface area contributed by atoms with Crippen LogP contribution in [0.25, 0.3) is 0 Å². The number of nitrogens with one attached hydrogen (secondary N) is 1. The number of carbonyl (C=O) groups is 2. The van der Waals surface area contributed by atoms with E-state index in [9.17, 15) is 18.0 Å². The van der Waals surface area contributed by atoms with Crippen LogP contribution >= 0.6 is 0 Å². The Balaban J connectivity index is 1.83. The fourth-order valence-corrected chi connectivity index (χ4v) is 5.18. The van der Waals surface area contributed by atoms with E-state index in [4.69, 9.17) is 4.42 Å². The van der Waals surface area contributed by atoms with Crippen molar-refractivity contribution >= 4 is 21.8 Å². The molecule has 8 nitrogen and oxygen atoms in total. The Hall–Kier alpha value is -1.87. The van der Waals surface area contributed by atoms with E-state index in [-0.39, 0.29) is 30.3 Å². The molecule has 24 heavy (non-hydrogen) atoms. The van der Waals surface area contributed by atoms with Gasteiger partial charge in [-0.1, -0.05) is 0 Å². The highest BCUT2D eigenvalue weighted by Gasteiger charge is 2.53. The average Bonchev–Trinajstić information content (AvgIpc) is 3.17. The monoisotopic (exact) mass is 355 g/mol. The van der Waals surface area contributed by atoms with Gasteiger partial charge >= 0.3 is 0 Å². The van der Waals surface area contributed by atoms with Crippen molar-refractivity contribution in [2.45, 2.75) is 25.4 Å². The van der Waals surface area contributed by atoms with Gasteiger partial charge in [0.1, 0.15) is 11.8 Å². The zero-order valence-electron chi connectivity index (χ0n) is 13.9. The number of carbonyl (C=O) groups excluding carboxylic acids is 2. The van der Waals surface area contributed by atoms with Crippen LogP contribution in [-0.2, 0) is 14.8 Å². The van der Waals surface area contributed by atoms with Crippen LogP contribution in [0.5, 0.6) is 0 Å². The number of hydrogen-bond acceptors (Lipinski definition) is 5. The van der Waals surface area contributed by atoms with E-state index in [1.807, 2.05) is 0 Å². The molecule has 2 fully saturated rings. The van der Waals surface area contributed by atoms with Crippen molar-refractivity contribution in [1.82, 2.24) is 14.5 Å². The topological polar surface area (TPSA) is 99.9 Å². The Labute approximate surface area is 140 Å². The van der Waals surface area contributed by atoms with Crippen LogP contribution in [0.3, 0.4) is 0 Å². The normalized spacial score (nSPS) is 27.3. The lowest BCUT2D eigenvalue weighted by molar-refractivity contribution is -0.124. The fraction of sp³-hybridized carbons (Fsp3) is 0.600. The Morgan fingerprint density at radius 1 is 1.33 bits per heavy atom. The molecule has 0 radical (unpaired) electrons. The molecule has 0 aromatic carbocycles. The minimum absolute atomic E-state index is 0.0433. The van der Waals surface area contributed by atoms with E-state index in [0.717, 1.165) is 6.26 Å². The number of amides is 2. The first-order chi connectivity index (χ1) is 11.2. The summed E-state index contributed by atoms with van der Waals surface area (Å²) in [6.45, 7) is 2.44. The molecule has 3 rings (SSSR count). The molecule has 3 heterocycles. The number of nitrogens with zero attached hydrogens (tertiary/aromatic N) is 2. The molecule has 1 aromatic rings. The molecule has 0 unspecified atom stereocenters. The second kappa shape index (κ2) is 5.89. The summed E-state index contributed by atoms with van der Waals surface area (Å²) in [5.41, 5.74) is 0.490. The molecule has 0 aliphatic carbocycles. The summed E-state index contributed by atoms with van der Waals surface area (Å²) in [6.07, 6.45) is 2.99. The van der Waals surface area contributed by atoms with Gasteiger partial charge in [-0.05, 0) is 25.3 Å². The molecule has 3 atom stereocenters. The smallest absolute Gasteiger partial charge is 0.257 e. The van der Waals surface area contributed by atoms with Gasteiger partial charge in [0.2, 0.25) is 15.9 Å². The molecule has 1 N–H and O–H groups in total. The number of sulfonamides is 1. The minimum Gasteiger partial charge on any atom is -0.469 e. The number of furan rings is 1. The second-order valence-electron chi connectivity index (χ2n) is 6.39. The van der Waals surface area contributed by atoms with E-state index in [1.54, 1.807) is 17.9 Å². The van der Waals surface area contributed by atoms with Gasteiger partial charge < -0.3 is 14.6 Å². The third kappa shape index (κ3) is 2.71. The summed E-state index contributed by atoms with van der Waals surface area (Å²) in [5, 5.41) is 2.52. The molecule has 2 amide bonds. The fourth-order valence-electron chi connectivity index (χ4n) is 3.81. The van der Waals surface area contributed by atoms with Crippen molar-refractivity contribution in [2.24, 2.45) is 5.92 Å². The maximum atomic E-state index is 12.6. The Morgan fingerprint density at radius 2 is 2.04 bits per heavy atom. The molecule has 2 saturated heterocycles. The van der Waals surface area contributed by atoms with Crippen molar-refractivity contribution in [3.05, 3.63) is 23.7 Å². The van der Waals surface area contributed by atoms with E-state index in [1.165, 1.54) is 17.6 Å². The SMILES string of the molecule is CNC(=O)[C@@H]1C[C@H]2CN(C(=O)c3ccoc3C)C[C@H]2N1S(C)(=O)=O. The lowest BCUT2D eigenvalue weighted by atomic mass is 10.0. The van der Waals surface area contributed by atoms with Gasteiger partial charge in [0.05, 0.1) is 18.1 Å². The van der Waals surface area contributed by atoms with Crippen LogP contribution < -0.4 is 5.32 Å². The van der Waals surface area contributed by atoms with E-state index in [0.29, 0.717) is 24.3 Å². The van der Waals surface area contributed by atoms with Crippen LogP contribution in [0.15, 0.2) is 16.7 Å². The third-order valence-corrected chi connectivity index (χ3v) is 6.17. The quantitative estimate of drug-likeness (QED) is 0.810. The first kappa shape index (κ1) is 17.0. The summed E-state index contributed by atoms with van der Waals surface area (Å²) in [5.74, 6) is 0.0254. The predicted octanol–water partition coefficient (Wildman–Crippen LogP) is -0.191. The summed E-state index contributed by atoms with van der Waals surface area (Å²) in [6, 6.07) is 0.555. The number of aryl methyl sites for hydroxylation is 1. The maximum Gasteiger partial charge on any atom is 0.257 e. The molecule has 0 spiro atoms. The van der Waals surface area contributed by atoms with Crippen molar-refractivity contribution < 1.29 is 22.4 Å². The molecule has 1 aromatic heterocycles. The van der Waals surface area contributed by atoms with Gasteiger partial charge in [-0.15, -0.1) is 0 Å². The highest BCUT2D eigenvalue weighted by atomic mass is 32.2. The predicted molar refractivity (Wildman–Crippen MR) is 85.8 cm³/mol. The maximum absolute atomic E-state index is 12.6. The lowest BCUT2D eigenvalue weighted by Crippen LogP contribution is -2.49. The second-order valence-corrected chi connectivity index (χ2v) is 8.27. The third-order valence-electron chi connectivity index (χ3n) is 4.87. The molecule has 0 bridgehead atoms. The zero-order chi connectivity index (χ0) is 17.6. The minimum atomic E-state index is -3.56. The first-order valence-corrected chi connectivity index (χ1v) is 9.62. The first-order valence-electron chi connectivity index (χ1n) is 7.77. The van der Waals surface area contributed by atoms with E-state index >= 15 is 0 Å². The van der Waals surface area contributed by atoms with Crippen molar-refractivity contribution in [2.75, 3.05) is 26.4 Å². The number of rotatable bonds is 3. The Kier molecular flexibility index (Phi) is 4.16. The largest absolute Gasteiger partial charge is 0.469 e. The highest BCUT2D eigenvalue weighted by Crippen LogP contribution is 2.38. The number of likely N-dealkylation sites (tertiary alicyclic amines) is 1. The molecular formula is C15H21N3O5S. The summed E-state index contributed by atoms with van der Waals surface area (Å²) in [7, 11) is -2.06. The van der Waals surface area contributed by atoms with E-state index < -0.39 is 16.1 Å². The van der Waals surface area contributed by atoms with Crippen molar-refractivity contribution in [1.29, 1.82) is 0 Å². The average molecular weight is 355 g/mol. The Morgan fingerprint density at radius 3 is 2.58 bits per heavy atom. The van der Waals surface area contributed by atoms with Gasteiger partial charge in [-0.2, -0.15) is 4.31 Å². The molecule has 0 saturated carbocycles. The number of likely N-dealkylation sites (N-methyl/N-ethyl adjacent to an activating group) is 1. The van der Waals surface area contributed by atoms with Crippen molar-refractivity contribution in [3.8, 4) is 0 Å². The van der Waals surface area contributed by atoms with Crippen LogP contribution in [0.2, 0.25) is 0 Å². The van der Waals surface area contributed by atoms with Crippen LogP contribution in [0.4, 0.5) is 0 Å². The van der Waals surface area contributed by atoms with Gasteiger partial charge in [0, 0.05) is 26.2 Å². The molecular weight excluding hydrogens is 334 g/mol. The van der Waals surface area contributed by atoms with Crippen LogP contribution in [0.1, 0.15) is 22.5 Å². The number of fused-ring (bicyclic) bond motifs is 1.